The molecule has 0 amide bonds. The molecule has 0 aromatic carbocycles. The van der Waals surface area contributed by atoms with Gasteiger partial charge in [0.05, 0.1) is 5.69 Å². The summed E-state index contributed by atoms with van der Waals surface area (Å²) >= 11 is 0. The van der Waals surface area contributed by atoms with Crippen LogP contribution in [0.2, 0.25) is 0 Å². The lowest BCUT2D eigenvalue weighted by Crippen LogP contribution is -2.24. The first kappa shape index (κ1) is 13.4. The van der Waals surface area contributed by atoms with Gasteiger partial charge in [0.25, 0.3) is 0 Å². The summed E-state index contributed by atoms with van der Waals surface area (Å²) in [5.74, 6) is 0.673. The molecular weight excluding hydrogens is 214 g/mol. The zero-order valence-electron chi connectivity index (χ0n) is 10.9. The third-order valence-electron chi connectivity index (χ3n) is 2.83. The van der Waals surface area contributed by atoms with Crippen LogP contribution in [0.1, 0.15) is 23.2 Å². The molecule has 1 N–H and O–H groups in total. The van der Waals surface area contributed by atoms with Gasteiger partial charge in [-0.2, -0.15) is 10.4 Å². The average molecular weight is 233 g/mol. The molecule has 0 aliphatic rings. The van der Waals surface area contributed by atoms with Crippen molar-refractivity contribution in [3.8, 4) is 6.07 Å². The SMILES string of the molecule is CNCCCN(C)c1nnc(C)c(C)c1C#N. The first-order valence-electron chi connectivity index (χ1n) is 5.71. The van der Waals surface area contributed by atoms with Gasteiger partial charge in [-0.15, -0.1) is 5.10 Å². The Labute approximate surface area is 102 Å². The van der Waals surface area contributed by atoms with E-state index < -0.39 is 0 Å². The Morgan fingerprint density at radius 2 is 2.06 bits per heavy atom. The maximum absolute atomic E-state index is 9.19. The number of anilines is 1. The molecule has 0 bridgehead atoms. The van der Waals surface area contributed by atoms with Crippen LogP contribution < -0.4 is 10.2 Å². The third kappa shape index (κ3) is 3.14. The van der Waals surface area contributed by atoms with Crippen LogP contribution in [0, 0.1) is 25.2 Å². The Hall–Kier alpha value is -1.67. The van der Waals surface area contributed by atoms with Crippen molar-refractivity contribution in [2.24, 2.45) is 0 Å². The Morgan fingerprint density at radius 3 is 2.65 bits per heavy atom. The van der Waals surface area contributed by atoms with E-state index >= 15 is 0 Å². The van der Waals surface area contributed by atoms with E-state index in [-0.39, 0.29) is 0 Å². The number of rotatable bonds is 5. The number of aryl methyl sites for hydroxylation is 1. The van der Waals surface area contributed by atoms with Crippen LogP contribution in [0.3, 0.4) is 0 Å². The molecule has 1 aromatic heterocycles. The fourth-order valence-electron chi connectivity index (χ4n) is 1.60. The topological polar surface area (TPSA) is 64.8 Å². The quantitative estimate of drug-likeness (QED) is 0.769. The first-order valence-corrected chi connectivity index (χ1v) is 5.71. The molecule has 1 aromatic rings. The van der Waals surface area contributed by atoms with Gasteiger partial charge in [0.15, 0.2) is 5.82 Å². The van der Waals surface area contributed by atoms with E-state index in [2.05, 4.69) is 21.6 Å². The lowest BCUT2D eigenvalue weighted by Gasteiger charge is -2.19. The number of hydrogen-bond donors (Lipinski definition) is 1. The highest BCUT2D eigenvalue weighted by Gasteiger charge is 2.13. The molecule has 0 aliphatic carbocycles. The number of nitrogens with zero attached hydrogens (tertiary/aromatic N) is 4. The highest BCUT2D eigenvalue weighted by Crippen LogP contribution is 2.19. The van der Waals surface area contributed by atoms with E-state index in [0.717, 1.165) is 30.8 Å². The van der Waals surface area contributed by atoms with Gasteiger partial charge < -0.3 is 10.2 Å². The smallest absolute Gasteiger partial charge is 0.169 e. The van der Waals surface area contributed by atoms with Crippen LogP contribution in [0.15, 0.2) is 0 Å². The fourth-order valence-corrected chi connectivity index (χ4v) is 1.60. The summed E-state index contributed by atoms with van der Waals surface area (Å²) in [7, 11) is 3.87. The summed E-state index contributed by atoms with van der Waals surface area (Å²) in [6, 6.07) is 2.22. The van der Waals surface area contributed by atoms with Gasteiger partial charge in [0.1, 0.15) is 11.6 Å². The van der Waals surface area contributed by atoms with Crippen molar-refractivity contribution >= 4 is 5.82 Å². The summed E-state index contributed by atoms with van der Waals surface area (Å²) in [6.45, 7) is 5.58. The second kappa shape index (κ2) is 6.16. The highest BCUT2D eigenvalue weighted by molar-refractivity contribution is 5.56. The molecule has 0 atom stereocenters. The minimum absolute atomic E-state index is 0.629. The largest absolute Gasteiger partial charge is 0.357 e. The average Bonchev–Trinajstić information content (AvgIpc) is 2.32. The lowest BCUT2D eigenvalue weighted by molar-refractivity contribution is 0.704. The third-order valence-corrected chi connectivity index (χ3v) is 2.83. The van der Waals surface area contributed by atoms with Crippen LogP contribution in [-0.4, -0.2) is 37.4 Å². The predicted octanol–water partition coefficient (Wildman–Crippen LogP) is 1.01. The van der Waals surface area contributed by atoms with E-state index in [1.165, 1.54) is 0 Å². The van der Waals surface area contributed by atoms with Crippen LogP contribution in [0.5, 0.6) is 0 Å². The molecule has 1 heterocycles. The molecule has 17 heavy (non-hydrogen) atoms. The molecule has 0 radical (unpaired) electrons. The van der Waals surface area contributed by atoms with Crippen molar-refractivity contribution in [2.45, 2.75) is 20.3 Å². The van der Waals surface area contributed by atoms with E-state index in [9.17, 15) is 5.26 Å². The van der Waals surface area contributed by atoms with Gasteiger partial charge in [-0.3, -0.25) is 0 Å². The lowest BCUT2D eigenvalue weighted by atomic mass is 10.1. The van der Waals surface area contributed by atoms with Crippen LogP contribution in [0.25, 0.3) is 0 Å². The Kier molecular flexibility index (Phi) is 4.85. The molecule has 5 nitrogen and oxygen atoms in total. The van der Waals surface area contributed by atoms with Gasteiger partial charge in [-0.1, -0.05) is 0 Å². The standard InChI is InChI=1S/C12H19N5/c1-9-10(2)15-16-12(11(9)8-13)17(4)7-5-6-14-3/h14H,5-7H2,1-4H3. The van der Waals surface area contributed by atoms with E-state index in [1.54, 1.807) is 0 Å². The van der Waals surface area contributed by atoms with E-state index in [4.69, 9.17) is 0 Å². The Bertz CT molecular complexity index is 422. The van der Waals surface area contributed by atoms with E-state index in [1.807, 2.05) is 32.8 Å². The highest BCUT2D eigenvalue weighted by atomic mass is 15.2. The summed E-state index contributed by atoms with van der Waals surface area (Å²) in [5, 5.41) is 20.5. The molecule has 0 unspecified atom stereocenters. The summed E-state index contributed by atoms with van der Waals surface area (Å²) in [6.07, 6.45) is 1.01. The number of aromatic nitrogens is 2. The molecule has 0 aliphatic heterocycles. The second-order valence-corrected chi connectivity index (χ2v) is 4.10. The molecule has 1 rings (SSSR count). The molecular formula is C12H19N5. The monoisotopic (exact) mass is 233 g/mol. The second-order valence-electron chi connectivity index (χ2n) is 4.10. The van der Waals surface area contributed by atoms with Gasteiger partial charge >= 0.3 is 0 Å². The van der Waals surface area contributed by atoms with Crippen molar-refractivity contribution in [1.29, 1.82) is 5.26 Å². The zero-order chi connectivity index (χ0) is 12.8. The van der Waals surface area contributed by atoms with Crippen molar-refractivity contribution in [2.75, 3.05) is 32.1 Å². The number of nitriles is 1. The van der Waals surface area contributed by atoms with Crippen molar-refractivity contribution in [1.82, 2.24) is 15.5 Å². The summed E-state index contributed by atoms with van der Waals surface area (Å²) < 4.78 is 0. The Balaban J connectivity index is 2.90. The molecule has 92 valence electrons. The summed E-state index contributed by atoms with van der Waals surface area (Å²) in [5.41, 5.74) is 2.36. The minimum Gasteiger partial charge on any atom is -0.357 e. The van der Waals surface area contributed by atoms with Crippen molar-refractivity contribution in [3.63, 3.8) is 0 Å². The maximum atomic E-state index is 9.19. The van der Waals surface area contributed by atoms with Gasteiger partial charge in [0, 0.05) is 13.6 Å². The zero-order valence-corrected chi connectivity index (χ0v) is 10.9. The maximum Gasteiger partial charge on any atom is 0.169 e. The molecule has 0 spiro atoms. The van der Waals surface area contributed by atoms with Crippen molar-refractivity contribution < 1.29 is 0 Å². The molecule has 0 saturated carbocycles. The fraction of sp³-hybridized carbons (Fsp3) is 0.583. The molecule has 5 heteroatoms. The Morgan fingerprint density at radius 1 is 1.35 bits per heavy atom. The van der Waals surface area contributed by atoms with Crippen LogP contribution in [0.4, 0.5) is 5.82 Å². The predicted molar refractivity (Wildman–Crippen MR) is 68.0 cm³/mol. The number of nitrogens with one attached hydrogen (secondary N) is 1. The normalized spacial score (nSPS) is 10.1. The molecule has 0 fully saturated rings. The summed E-state index contributed by atoms with van der Waals surface area (Å²) in [4.78, 5) is 1.98. The number of hydrogen-bond acceptors (Lipinski definition) is 5. The first-order chi connectivity index (χ1) is 8.11. The van der Waals surface area contributed by atoms with Gasteiger partial charge in [-0.05, 0) is 39.4 Å². The van der Waals surface area contributed by atoms with Crippen LogP contribution in [-0.2, 0) is 0 Å². The van der Waals surface area contributed by atoms with Crippen molar-refractivity contribution in [3.05, 3.63) is 16.8 Å². The minimum atomic E-state index is 0.629. The van der Waals surface area contributed by atoms with Gasteiger partial charge in [0.2, 0.25) is 0 Å². The van der Waals surface area contributed by atoms with E-state index in [0.29, 0.717) is 11.4 Å². The van der Waals surface area contributed by atoms with Gasteiger partial charge in [-0.25, -0.2) is 0 Å². The molecule has 0 saturated heterocycles. The van der Waals surface area contributed by atoms with Crippen LogP contribution >= 0.6 is 0 Å².